The van der Waals surface area contributed by atoms with Crippen LogP contribution in [0.25, 0.3) is 28.2 Å². The quantitative estimate of drug-likeness (QED) is 0.289. The number of hydrogen-bond donors (Lipinski definition) is 0. The van der Waals surface area contributed by atoms with Crippen molar-refractivity contribution in [2.75, 3.05) is 0 Å². The van der Waals surface area contributed by atoms with Crippen LogP contribution >= 0.6 is 0 Å². The average molecular weight is 427 g/mol. The van der Waals surface area contributed by atoms with Gasteiger partial charge in [0.1, 0.15) is 5.82 Å². The highest BCUT2D eigenvalue weighted by molar-refractivity contribution is 5.78. The van der Waals surface area contributed by atoms with Crippen molar-refractivity contribution in [2.24, 2.45) is 0 Å². The van der Waals surface area contributed by atoms with Gasteiger partial charge in [-0.15, -0.1) is 0 Å². The van der Waals surface area contributed by atoms with E-state index in [1.54, 1.807) is 0 Å². The predicted octanol–water partition coefficient (Wildman–Crippen LogP) is 7.32. The summed E-state index contributed by atoms with van der Waals surface area (Å²) in [5.41, 5.74) is 13.4. The lowest BCUT2D eigenvalue weighted by atomic mass is 9.94. The van der Waals surface area contributed by atoms with Crippen LogP contribution in [0.2, 0.25) is 0 Å². The fourth-order valence-corrected chi connectivity index (χ4v) is 5.42. The van der Waals surface area contributed by atoms with Crippen LogP contribution in [0.5, 0.6) is 0 Å². The topological polar surface area (TPSA) is 17.8 Å². The Hall–Kier alpha value is -3.91. The lowest BCUT2D eigenvalue weighted by Crippen LogP contribution is -2.04. The van der Waals surface area contributed by atoms with Crippen LogP contribution in [0.4, 0.5) is 0 Å². The molecule has 0 atom stereocenters. The molecule has 4 aromatic carbocycles. The molecular weight excluding hydrogens is 400 g/mol. The number of hydrogen-bond acceptors (Lipinski definition) is 1. The highest BCUT2D eigenvalue weighted by atomic mass is 15.1. The largest absolute Gasteiger partial charge is 0.299 e. The van der Waals surface area contributed by atoms with Gasteiger partial charge < -0.3 is 0 Å². The standard InChI is InChI=1S/C31H26N2/c1-21-17-23(19-25-12-8-14-28-27-13-7-6-11-26(27)20-29(25)28)18-22(2)30(21)33-16-15-32-31(33)24-9-4-3-5-10-24/h3-18H,19-20H2,1-2H3. The fraction of sp³-hybridized carbons (Fsp3) is 0.129. The minimum atomic E-state index is 0.953. The summed E-state index contributed by atoms with van der Waals surface area (Å²) in [6, 6.07) is 30.7. The molecule has 0 spiro atoms. The van der Waals surface area contributed by atoms with E-state index in [1.165, 1.54) is 50.2 Å². The number of benzene rings is 4. The normalized spacial score (nSPS) is 11.9. The van der Waals surface area contributed by atoms with Crippen LogP contribution in [0.1, 0.15) is 33.4 Å². The number of rotatable bonds is 4. The van der Waals surface area contributed by atoms with Gasteiger partial charge in [0, 0.05) is 18.0 Å². The van der Waals surface area contributed by atoms with Crippen molar-refractivity contribution in [3.63, 3.8) is 0 Å². The Morgan fingerprint density at radius 3 is 2.33 bits per heavy atom. The second kappa shape index (κ2) is 7.90. The van der Waals surface area contributed by atoms with Gasteiger partial charge in [0.15, 0.2) is 0 Å². The molecule has 0 saturated heterocycles. The Kier molecular flexibility index (Phi) is 4.73. The maximum atomic E-state index is 4.66. The summed E-state index contributed by atoms with van der Waals surface area (Å²) in [6.45, 7) is 4.43. The van der Waals surface area contributed by atoms with Gasteiger partial charge in [-0.1, -0.05) is 84.9 Å². The lowest BCUT2D eigenvalue weighted by Gasteiger charge is -2.17. The number of nitrogens with zero attached hydrogens (tertiary/aromatic N) is 2. The van der Waals surface area contributed by atoms with Gasteiger partial charge in [-0.3, -0.25) is 4.57 Å². The smallest absolute Gasteiger partial charge is 0.144 e. The van der Waals surface area contributed by atoms with Gasteiger partial charge >= 0.3 is 0 Å². The summed E-state index contributed by atoms with van der Waals surface area (Å²) in [7, 11) is 0. The van der Waals surface area contributed by atoms with Crippen LogP contribution in [0.3, 0.4) is 0 Å². The molecule has 0 fully saturated rings. The SMILES string of the molecule is Cc1cc(Cc2cccc3c2Cc2ccccc2-3)cc(C)c1-n1ccnc1-c1ccccc1. The van der Waals surface area contributed by atoms with Gasteiger partial charge in [-0.25, -0.2) is 4.98 Å². The molecule has 0 bridgehead atoms. The van der Waals surface area contributed by atoms with E-state index in [2.05, 4.69) is 108 Å². The van der Waals surface area contributed by atoms with Crippen LogP contribution in [0.15, 0.2) is 97.3 Å². The number of aryl methyl sites for hydroxylation is 2. The molecule has 1 heterocycles. The van der Waals surface area contributed by atoms with Gasteiger partial charge in [-0.2, -0.15) is 0 Å². The van der Waals surface area contributed by atoms with E-state index >= 15 is 0 Å². The first-order chi connectivity index (χ1) is 16.2. The Labute approximate surface area is 195 Å². The molecule has 0 aliphatic heterocycles. The minimum Gasteiger partial charge on any atom is -0.299 e. The molecule has 2 nitrogen and oxygen atoms in total. The summed E-state index contributed by atoms with van der Waals surface area (Å²) >= 11 is 0. The Morgan fingerprint density at radius 1 is 0.788 bits per heavy atom. The summed E-state index contributed by atoms with van der Waals surface area (Å²) in [4.78, 5) is 4.66. The zero-order chi connectivity index (χ0) is 22.4. The van der Waals surface area contributed by atoms with Crippen LogP contribution in [0, 0.1) is 13.8 Å². The average Bonchev–Trinajstić information content (AvgIpc) is 3.45. The maximum absolute atomic E-state index is 4.66. The van der Waals surface area contributed by atoms with E-state index in [-0.39, 0.29) is 0 Å². The molecular formula is C31H26N2. The van der Waals surface area contributed by atoms with Crippen LogP contribution < -0.4 is 0 Å². The van der Waals surface area contributed by atoms with Crippen LogP contribution in [-0.4, -0.2) is 9.55 Å². The number of aromatic nitrogens is 2. The van der Waals surface area contributed by atoms with Crippen molar-refractivity contribution in [2.45, 2.75) is 26.7 Å². The second-order valence-electron chi connectivity index (χ2n) is 9.02. The molecule has 0 amide bonds. The van der Waals surface area contributed by atoms with Gasteiger partial charge in [0.05, 0.1) is 5.69 Å². The zero-order valence-corrected chi connectivity index (χ0v) is 19.0. The predicted molar refractivity (Wildman–Crippen MR) is 136 cm³/mol. The summed E-state index contributed by atoms with van der Waals surface area (Å²) in [6.07, 6.45) is 5.94. The monoisotopic (exact) mass is 426 g/mol. The lowest BCUT2D eigenvalue weighted by molar-refractivity contribution is 1.02. The van der Waals surface area contributed by atoms with Crippen molar-refractivity contribution in [1.82, 2.24) is 9.55 Å². The van der Waals surface area contributed by atoms with E-state index in [9.17, 15) is 0 Å². The third kappa shape index (κ3) is 3.39. The molecule has 33 heavy (non-hydrogen) atoms. The molecule has 5 aromatic rings. The van der Waals surface area contributed by atoms with E-state index in [4.69, 9.17) is 0 Å². The number of imidazole rings is 1. The third-order valence-corrected chi connectivity index (χ3v) is 6.81. The fourth-order valence-electron chi connectivity index (χ4n) is 5.42. The zero-order valence-electron chi connectivity index (χ0n) is 19.0. The maximum Gasteiger partial charge on any atom is 0.144 e. The first-order valence-electron chi connectivity index (χ1n) is 11.6. The van der Waals surface area contributed by atoms with Crippen molar-refractivity contribution in [1.29, 1.82) is 0 Å². The summed E-state index contributed by atoms with van der Waals surface area (Å²) in [5.74, 6) is 0.980. The first-order valence-corrected chi connectivity index (χ1v) is 11.6. The molecule has 6 rings (SSSR count). The first kappa shape index (κ1) is 19.8. The Balaban J connectivity index is 1.37. The summed E-state index contributed by atoms with van der Waals surface area (Å²) < 4.78 is 2.22. The van der Waals surface area contributed by atoms with E-state index in [1.807, 2.05) is 12.3 Å². The molecule has 0 N–H and O–H groups in total. The minimum absolute atomic E-state index is 0.953. The molecule has 1 aromatic heterocycles. The Bertz CT molecular complexity index is 1450. The van der Waals surface area contributed by atoms with Gasteiger partial charge in [0.2, 0.25) is 0 Å². The van der Waals surface area contributed by atoms with Crippen molar-refractivity contribution < 1.29 is 0 Å². The summed E-state index contributed by atoms with van der Waals surface area (Å²) in [5, 5.41) is 0. The van der Waals surface area contributed by atoms with Gasteiger partial charge in [-0.05, 0) is 71.2 Å². The molecule has 160 valence electrons. The molecule has 1 aliphatic rings. The molecule has 1 aliphatic carbocycles. The van der Waals surface area contributed by atoms with Crippen LogP contribution in [-0.2, 0) is 12.8 Å². The molecule has 0 unspecified atom stereocenters. The Morgan fingerprint density at radius 2 is 1.52 bits per heavy atom. The molecule has 0 saturated carbocycles. The highest BCUT2D eigenvalue weighted by Gasteiger charge is 2.21. The molecule has 0 radical (unpaired) electrons. The van der Waals surface area contributed by atoms with E-state index in [0.717, 1.165) is 24.2 Å². The van der Waals surface area contributed by atoms with Crippen molar-refractivity contribution in [3.05, 3.63) is 131 Å². The molecule has 2 heteroatoms. The number of fused-ring (bicyclic) bond motifs is 3. The van der Waals surface area contributed by atoms with Crippen molar-refractivity contribution >= 4 is 0 Å². The van der Waals surface area contributed by atoms with E-state index < -0.39 is 0 Å². The van der Waals surface area contributed by atoms with Gasteiger partial charge in [0.25, 0.3) is 0 Å². The highest BCUT2D eigenvalue weighted by Crippen LogP contribution is 2.39. The second-order valence-corrected chi connectivity index (χ2v) is 9.02. The van der Waals surface area contributed by atoms with Crippen molar-refractivity contribution in [3.8, 4) is 28.2 Å². The third-order valence-electron chi connectivity index (χ3n) is 6.81. The van der Waals surface area contributed by atoms with E-state index in [0.29, 0.717) is 0 Å².